The predicted octanol–water partition coefficient (Wildman–Crippen LogP) is 2.22. The third kappa shape index (κ3) is 3.46. The maximum absolute atomic E-state index is 9.04. The topological polar surface area (TPSA) is 54.3 Å². The zero-order chi connectivity index (χ0) is 13.7. The summed E-state index contributed by atoms with van der Waals surface area (Å²) in [5, 5.41) is 12.5. The van der Waals surface area contributed by atoms with Crippen molar-refractivity contribution in [3.63, 3.8) is 0 Å². The van der Waals surface area contributed by atoms with E-state index in [4.69, 9.17) is 14.7 Å². The van der Waals surface area contributed by atoms with Crippen LogP contribution in [-0.2, 0) is 11.3 Å². The summed E-state index contributed by atoms with van der Waals surface area (Å²) < 4.78 is 10.7. The third-order valence-corrected chi connectivity index (χ3v) is 3.48. The van der Waals surface area contributed by atoms with Gasteiger partial charge in [0, 0.05) is 19.2 Å². The minimum atomic E-state index is 0.424. The lowest BCUT2D eigenvalue weighted by Gasteiger charge is -2.35. The predicted molar refractivity (Wildman–Crippen MR) is 73.0 cm³/mol. The molecule has 0 amide bonds. The highest BCUT2D eigenvalue weighted by Crippen LogP contribution is 2.24. The smallest absolute Gasteiger partial charge is 0.136 e. The van der Waals surface area contributed by atoms with Crippen molar-refractivity contribution in [1.29, 1.82) is 5.26 Å². The number of hydrogen-bond acceptors (Lipinski definition) is 4. The Labute approximate surface area is 114 Å². The molecule has 0 heterocycles. The van der Waals surface area contributed by atoms with E-state index in [9.17, 15) is 0 Å². The van der Waals surface area contributed by atoms with Crippen LogP contribution in [0.15, 0.2) is 18.2 Å². The summed E-state index contributed by atoms with van der Waals surface area (Å²) >= 11 is 0. The highest BCUT2D eigenvalue weighted by atomic mass is 16.5. The summed E-state index contributed by atoms with van der Waals surface area (Å²) in [6.07, 6.45) is 2.58. The molecule has 1 saturated carbocycles. The first-order valence-corrected chi connectivity index (χ1v) is 6.68. The van der Waals surface area contributed by atoms with Gasteiger partial charge in [0.2, 0.25) is 0 Å². The first-order valence-electron chi connectivity index (χ1n) is 6.68. The number of hydrogen-bond donors (Lipinski definition) is 1. The van der Waals surface area contributed by atoms with Crippen LogP contribution in [0, 0.1) is 11.3 Å². The SMILES string of the molecule is CCOC1CC(NCc2ccc(OC)c(C#N)c2)C1. The van der Waals surface area contributed by atoms with Crippen LogP contribution in [0.3, 0.4) is 0 Å². The van der Waals surface area contributed by atoms with E-state index in [1.165, 1.54) is 0 Å². The van der Waals surface area contributed by atoms with E-state index in [0.717, 1.165) is 31.6 Å². The average molecular weight is 260 g/mol. The fraction of sp³-hybridized carbons (Fsp3) is 0.533. The quantitative estimate of drug-likeness (QED) is 0.852. The van der Waals surface area contributed by atoms with Crippen LogP contribution >= 0.6 is 0 Å². The van der Waals surface area contributed by atoms with Crippen molar-refractivity contribution in [3.05, 3.63) is 29.3 Å². The second-order valence-corrected chi connectivity index (χ2v) is 4.77. The van der Waals surface area contributed by atoms with Crippen LogP contribution in [0.2, 0.25) is 0 Å². The summed E-state index contributed by atoms with van der Waals surface area (Å²) in [4.78, 5) is 0. The highest BCUT2D eigenvalue weighted by molar-refractivity contribution is 5.45. The normalized spacial score (nSPS) is 21.5. The van der Waals surface area contributed by atoms with Crippen LogP contribution in [0.1, 0.15) is 30.9 Å². The molecule has 2 rings (SSSR count). The lowest BCUT2D eigenvalue weighted by atomic mass is 9.89. The van der Waals surface area contributed by atoms with E-state index in [-0.39, 0.29) is 0 Å². The van der Waals surface area contributed by atoms with Crippen LogP contribution in [-0.4, -0.2) is 25.9 Å². The van der Waals surface area contributed by atoms with Crippen molar-refractivity contribution in [2.24, 2.45) is 0 Å². The molecule has 1 aliphatic rings. The van der Waals surface area contributed by atoms with Crippen LogP contribution < -0.4 is 10.1 Å². The van der Waals surface area contributed by atoms with Gasteiger partial charge in [-0.3, -0.25) is 0 Å². The van der Waals surface area contributed by atoms with Gasteiger partial charge in [0.05, 0.1) is 18.8 Å². The summed E-state index contributed by atoms with van der Waals surface area (Å²) in [7, 11) is 1.58. The van der Waals surface area contributed by atoms with Crippen molar-refractivity contribution in [2.45, 2.75) is 38.5 Å². The molecule has 0 aliphatic heterocycles. The monoisotopic (exact) mass is 260 g/mol. The number of nitrogens with one attached hydrogen (secondary N) is 1. The standard InChI is InChI=1S/C15H20N2O2/c1-3-19-14-7-13(8-14)17-10-11-4-5-15(18-2)12(6-11)9-16/h4-6,13-14,17H,3,7-8,10H2,1-2H3. The number of ether oxygens (including phenoxy) is 2. The van der Waals surface area contributed by atoms with Gasteiger partial charge in [0.15, 0.2) is 0 Å². The van der Waals surface area contributed by atoms with Gasteiger partial charge in [-0.1, -0.05) is 6.07 Å². The Balaban J connectivity index is 1.83. The average Bonchev–Trinajstić information content (AvgIpc) is 2.40. The molecule has 1 aliphatic carbocycles. The molecule has 0 radical (unpaired) electrons. The van der Waals surface area contributed by atoms with Gasteiger partial charge in [0.25, 0.3) is 0 Å². The molecule has 19 heavy (non-hydrogen) atoms. The lowest BCUT2D eigenvalue weighted by Crippen LogP contribution is -2.45. The fourth-order valence-electron chi connectivity index (χ4n) is 2.32. The third-order valence-electron chi connectivity index (χ3n) is 3.48. The number of benzene rings is 1. The summed E-state index contributed by atoms with van der Waals surface area (Å²) in [5.74, 6) is 0.631. The van der Waals surface area contributed by atoms with Gasteiger partial charge in [-0.05, 0) is 37.5 Å². The number of nitriles is 1. The number of nitrogens with zero attached hydrogens (tertiary/aromatic N) is 1. The molecule has 4 nitrogen and oxygen atoms in total. The van der Waals surface area contributed by atoms with Crippen molar-refractivity contribution >= 4 is 0 Å². The molecule has 4 heteroatoms. The minimum absolute atomic E-state index is 0.424. The van der Waals surface area contributed by atoms with E-state index in [0.29, 0.717) is 23.5 Å². The Morgan fingerprint density at radius 1 is 1.42 bits per heavy atom. The van der Waals surface area contributed by atoms with E-state index in [1.807, 2.05) is 25.1 Å². The minimum Gasteiger partial charge on any atom is -0.495 e. The molecule has 102 valence electrons. The molecule has 1 aromatic carbocycles. The molecule has 0 unspecified atom stereocenters. The van der Waals surface area contributed by atoms with Gasteiger partial charge in [-0.15, -0.1) is 0 Å². The molecular weight excluding hydrogens is 240 g/mol. The maximum atomic E-state index is 9.04. The molecule has 1 aromatic rings. The Morgan fingerprint density at radius 3 is 2.84 bits per heavy atom. The van der Waals surface area contributed by atoms with Gasteiger partial charge in [-0.25, -0.2) is 0 Å². The fourth-order valence-corrected chi connectivity index (χ4v) is 2.32. The number of rotatable bonds is 6. The van der Waals surface area contributed by atoms with E-state index in [2.05, 4.69) is 11.4 Å². The van der Waals surface area contributed by atoms with Crippen LogP contribution in [0.5, 0.6) is 5.75 Å². The maximum Gasteiger partial charge on any atom is 0.136 e. The van der Waals surface area contributed by atoms with E-state index < -0.39 is 0 Å². The van der Waals surface area contributed by atoms with Crippen molar-refractivity contribution in [3.8, 4) is 11.8 Å². The van der Waals surface area contributed by atoms with Crippen molar-refractivity contribution in [2.75, 3.05) is 13.7 Å². The molecule has 0 atom stereocenters. The zero-order valence-electron chi connectivity index (χ0n) is 11.5. The van der Waals surface area contributed by atoms with Gasteiger partial charge < -0.3 is 14.8 Å². The summed E-state index contributed by atoms with van der Waals surface area (Å²) in [5.41, 5.74) is 1.69. The van der Waals surface area contributed by atoms with Gasteiger partial charge >= 0.3 is 0 Å². The second-order valence-electron chi connectivity index (χ2n) is 4.77. The largest absolute Gasteiger partial charge is 0.495 e. The molecule has 0 aromatic heterocycles. The second kappa shape index (κ2) is 6.55. The Hall–Kier alpha value is -1.57. The molecule has 0 saturated heterocycles. The van der Waals surface area contributed by atoms with Gasteiger partial charge in [0.1, 0.15) is 11.8 Å². The first-order chi connectivity index (χ1) is 9.26. The Kier molecular flexibility index (Phi) is 4.78. The van der Waals surface area contributed by atoms with E-state index in [1.54, 1.807) is 7.11 Å². The van der Waals surface area contributed by atoms with Crippen molar-refractivity contribution < 1.29 is 9.47 Å². The Bertz CT molecular complexity index is 462. The zero-order valence-corrected chi connectivity index (χ0v) is 11.5. The summed E-state index contributed by atoms with van der Waals surface area (Å²) in [6.45, 7) is 3.60. The number of methoxy groups -OCH3 is 1. The molecule has 0 spiro atoms. The highest BCUT2D eigenvalue weighted by Gasteiger charge is 2.28. The van der Waals surface area contributed by atoms with E-state index >= 15 is 0 Å². The lowest BCUT2D eigenvalue weighted by molar-refractivity contribution is -0.0102. The molecule has 1 fully saturated rings. The van der Waals surface area contributed by atoms with Crippen molar-refractivity contribution in [1.82, 2.24) is 5.32 Å². The Morgan fingerprint density at radius 2 is 2.21 bits per heavy atom. The molecule has 0 bridgehead atoms. The van der Waals surface area contributed by atoms with Crippen LogP contribution in [0.25, 0.3) is 0 Å². The van der Waals surface area contributed by atoms with Gasteiger partial charge in [-0.2, -0.15) is 5.26 Å². The summed E-state index contributed by atoms with van der Waals surface area (Å²) in [6, 6.07) is 8.40. The molecule has 1 N–H and O–H groups in total. The molecular formula is C15H20N2O2. The first kappa shape index (κ1) is 13.9. The van der Waals surface area contributed by atoms with Crippen LogP contribution in [0.4, 0.5) is 0 Å².